The van der Waals surface area contributed by atoms with E-state index in [0.29, 0.717) is 5.02 Å². The predicted octanol–water partition coefficient (Wildman–Crippen LogP) is 6.41. The summed E-state index contributed by atoms with van der Waals surface area (Å²) in [6.45, 7) is 2.04. The quantitative estimate of drug-likeness (QED) is 0.341. The first-order chi connectivity index (χ1) is 14.1. The molecule has 0 bridgehead atoms. The summed E-state index contributed by atoms with van der Waals surface area (Å²) in [5, 5.41) is 4.45. The number of rotatable bonds is 6. The van der Waals surface area contributed by atoms with E-state index >= 15 is 0 Å². The van der Waals surface area contributed by atoms with Crippen molar-refractivity contribution < 1.29 is 4.79 Å². The minimum absolute atomic E-state index is 0.0733. The Morgan fingerprint density at radius 3 is 2.72 bits per heavy atom. The smallest absolute Gasteiger partial charge is 0.234 e. The molecule has 0 unspecified atom stereocenters. The summed E-state index contributed by atoms with van der Waals surface area (Å²) in [6, 6.07) is 21.5. The second kappa shape index (κ2) is 8.95. The molecule has 29 heavy (non-hydrogen) atoms. The van der Waals surface area contributed by atoms with Crippen LogP contribution in [-0.4, -0.2) is 21.6 Å². The van der Waals surface area contributed by atoms with Crippen LogP contribution in [0.4, 0.5) is 5.69 Å². The molecule has 0 saturated heterocycles. The van der Waals surface area contributed by atoms with Crippen LogP contribution < -0.4 is 5.32 Å². The summed E-state index contributed by atoms with van der Waals surface area (Å²) >= 11 is 8.93. The number of nitrogens with one attached hydrogen (secondary N) is 2. The molecule has 7 heteroatoms. The highest BCUT2D eigenvalue weighted by Crippen LogP contribution is 2.34. The number of aromatic nitrogens is 2. The fourth-order valence-corrected chi connectivity index (χ4v) is 4.49. The van der Waals surface area contributed by atoms with Crippen LogP contribution in [0.3, 0.4) is 0 Å². The van der Waals surface area contributed by atoms with E-state index in [9.17, 15) is 4.79 Å². The average molecular weight is 440 g/mol. The van der Waals surface area contributed by atoms with Gasteiger partial charge in [0.05, 0.1) is 22.5 Å². The minimum atomic E-state index is -0.0733. The highest BCUT2D eigenvalue weighted by atomic mass is 35.5. The lowest BCUT2D eigenvalue weighted by Crippen LogP contribution is -2.14. The lowest BCUT2D eigenvalue weighted by atomic mass is 10.2. The van der Waals surface area contributed by atoms with Crippen molar-refractivity contribution in [2.45, 2.75) is 21.9 Å². The number of carbonyl (C=O) groups is 1. The molecule has 0 atom stereocenters. The number of fused-ring (bicyclic) bond motifs is 1. The van der Waals surface area contributed by atoms with Gasteiger partial charge in [-0.15, -0.1) is 0 Å². The molecule has 1 amide bonds. The molecule has 0 spiro atoms. The number of hydrogen-bond acceptors (Lipinski definition) is 4. The van der Waals surface area contributed by atoms with Crippen LogP contribution in [0.15, 0.2) is 81.7 Å². The number of carbonyl (C=O) groups excluding carboxylic acids is 1. The van der Waals surface area contributed by atoms with Gasteiger partial charge >= 0.3 is 0 Å². The van der Waals surface area contributed by atoms with Crippen molar-refractivity contribution in [1.82, 2.24) is 9.97 Å². The molecule has 0 aliphatic heterocycles. The summed E-state index contributed by atoms with van der Waals surface area (Å²) in [5.74, 6) is 0.203. The van der Waals surface area contributed by atoms with Crippen molar-refractivity contribution >= 4 is 57.8 Å². The number of amides is 1. The fourth-order valence-electron chi connectivity index (χ4n) is 2.78. The van der Waals surface area contributed by atoms with Crippen LogP contribution in [-0.2, 0) is 4.79 Å². The van der Waals surface area contributed by atoms with Crippen molar-refractivity contribution in [3.8, 4) is 0 Å². The molecule has 3 aromatic carbocycles. The number of halogens is 1. The first-order valence-electron chi connectivity index (χ1n) is 8.98. The van der Waals surface area contributed by atoms with Gasteiger partial charge in [-0.2, -0.15) is 0 Å². The highest BCUT2D eigenvalue weighted by Gasteiger charge is 2.10. The molecule has 0 fully saturated rings. The second-order valence-electron chi connectivity index (χ2n) is 6.45. The highest BCUT2D eigenvalue weighted by molar-refractivity contribution is 8.00. The van der Waals surface area contributed by atoms with E-state index in [1.165, 1.54) is 17.3 Å². The number of hydrogen-bond donors (Lipinski definition) is 2. The first-order valence-corrected chi connectivity index (χ1v) is 11.2. The standard InChI is InChI=1S/C22H18ClN3OS2/c1-14-6-11-17-19(12-14)26-22(25-17)28-13-21(27)24-18-4-2-3-5-20(18)29-16-9-7-15(23)8-10-16/h2-12H,13H2,1H3,(H,24,27)(H,25,26). The number of H-pyrrole nitrogens is 1. The Hall–Kier alpha value is -2.41. The number of benzene rings is 3. The van der Waals surface area contributed by atoms with Gasteiger partial charge in [-0.1, -0.05) is 53.3 Å². The predicted molar refractivity (Wildman–Crippen MR) is 122 cm³/mol. The van der Waals surface area contributed by atoms with Crippen molar-refractivity contribution in [2.75, 3.05) is 11.1 Å². The van der Waals surface area contributed by atoms with Crippen LogP contribution in [0.25, 0.3) is 11.0 Å². The first kappa shape index (κ1) is 19.9. The summed E-state index contributed by atoms with van der Waals surface area (Å²) in [7, 11) is 0. The molecule has 0 radical (unpaired) electrons. The number of thioether (sulfide) groups is 1. The summed E-state index contributed by atoms with van der Waals surface area (Å²) in [4.78, 5) is 22.3. The Kier molecular flexibility index (Phi) is 6.13. The number of nitrogens with zero attached hydrogens (tertiary/aromatic N) is 1. The number of imidazole rings is 1. The van der Waals surface area contributed by atoms with Crippen LogP contribution in [0, 0.1) is 6.92 Å². The van der Waals surface area contributed by atoms with Gasteiger partial charge in [0.1, 0.15) is 0 Å². The molecule has 0 saturated carbocycles. The third kappa shape index (κ3) is 5.15. The van der Waals surface area contributed by atoms with Gasteiger partial charge in [-0.3, -0.25) is 4.79 Å². The molecule has 4 aromatic rings. The third-order valence-corrected chi connectivity index (χ3v) is 6.37. The summed E-state index contributed by atoms with van der Waals surface area (Å²) < 4.78 is 0. The van der Waals surface area contributed by atoms with Crippen molar-refractivity contribution in [1.29, 1.82) is 0 Å². The molecule has 1 heterocycles. The Labute approximate surface area is 182 Å². The van der Waals surface area contributed by atoms with Gasteiger partial charge in [0.15, 0.2) is 5.16 Å². The van der Waals surface area contributed by atoms with Gasteiger partial charge < -0.3 is 10.3 Å². The molecule has 0 aliphatic carbocycles. The van der Waals surface area contributed by atoms with Gasteiger partial charge in [-0.25, -0.2) is 4.98 Å². The number of para-hydroxylation sites is 1. The van der Waals surface area contributed by atoms with Gasteiger partial charge in [0.2, 0.25) is 5.91 Å². The topological polar surface area (TPSA) is 57.8 Å². The molecule has 0 aliphatic rings. The van der Waals surface area contributed by atoms with Crippen LogP contribution in [0.5, 0.6) is 0 Å². The van der Waals surface area contributed by atoms with E-state index in [1.54, 1.807) is 11.8 Å². The lowest BCUT2D eigenvalue weighted by Gasteiger charge is -2.10. The zero-order chi connectivity index (χ0) is 20.2. The number of aryl methyl sites for hydroxylation is 1. The van der Waals surface area contributed by atoms with Gasteiger partial charge in [-0.05, 0) is 61.0 Å². The zero-order valence-corrected chi connectivity index (χ0v) is 18.0. The van der Waals surface area contributed by atoms with Crippen molar-refractivity contribution in [2.24, 2.45) is 0 Å². The van der Waals surface area contributed by atoms with Crippen molar-refractivity contribution in [3.05, 3.63) is 77.3 Å². The van der Waals surface area contributed by atoms with Crippen LogP contribution in [0.2, 0.25) is 5.02 Å². The minimum Gasteiger partial charge on any atom is -0.333 e. The molecule has 1 aromatic heterocycles. The molecule has 4 rings (SSSR count). The summed E-state index contributed by atoms with van der Waals surface area (Å²) in [5.41, 5.74) is 3.85. The zero-order valence-electron chi connectivity index (χ0n) is 15.6. The molecular formula is C22H18ClN3OS2. The Morgan fingerprint density at radius 2 is 1.90 bits per heavy atom. The number of aromatic amines is 1. The Balaban J connectivity index is 1.40. The normalized spacial score (nSPS) is 11.0. The fraction of sp³-hybridized carbons (Fsp3) is 0.0909. The van der Waals surface area contributed by atoms with E-state index in [-0.39, 0.29) is 11.7 Å². The monoisotopic (exact) mass is 439 g/mol. The van der Waals surface area contributed by atoms with E-state index in [4.69, 9.17) is 11.6 Å². The maximum Gasteiger partial charge on any atom is 0.234 e. The lowest BCUT2D eigenvalue weighted by molar-refractivity contribution is -0.113. The largest absolute Gasteiger partial charge is 0.333 e. The second-order valence-corrected chi connectivity index (χ2v) is 8.97. The maximum atomic E-state index is 12.5. The Morgan fingerprint density at radius 1 is 1.10 bits per heavy atom. The Bertz CT molecular complexity index is 1160. The molecule has 2 N–H and O–H groups in total. The molecule has 4 nitrogen and oxygen atoms in total. The third-order valence-electron chi connectivity index (χ3n) is 4.16. The van der Waals surface area contributed by atoms with Crippen molar-refractivity contribution in [3.63, 3.8) is 0 Å². The SMILES string of the molecule is Cc1ccc2nc(SCC(=O)Nc3ccccc3Sc3ccc(Cl)cc3)[nH]c2c1. The molecule has 146 valence electrons. The molecular weight excluding hydrogens is 422 g/mol. The van der Waals surface area contributed by atoms with Crippen LogP contribution >= 0.6 is 35.1 Å². The number of anilines is 1. The summed E-state index contributed by atoms with van der Waals surface area (Å²) in [6.07, 6.45) is 0. The maximum absolute atomic E-state index is 12.5. The van der Waals surface area contributed by atoms with E-state index in [2.05, 4.69) is 21.4 Å². The van der Waals surface area contributed by atoms with E-state index < -0.39 is 0 Å². The van der Waals surface area contributed by atoms with Gasteiger partial charge in [0, 0.05) is 14.8 Å². The van der Waals surface area contributed by atoms with E-state index in [0.717, 1.165) is 31.7 Å². The van der Waals surface area contributed by atoms with E-state index in [1.807, 2.05) is 67.6 Å². The average Bonchev–Trinajstić information content (AvgIpc) is 3.11. The van der Waals surface area contributed by atoms with Gasteiger partial charge in [0.25, 0.3) is 0 Å². The van der Waals surface area contributed by atoms with Crippen LogP contribution in [0.1, 0.15) is 5.56 Å².